The zero-order valence-electron chi connectivity index (χ0n) is 35.4. The quantitative estimate of drug-likeness (QED) is 0.181. The van der Waals surface area contributed by atoms with E-state index >= 15 is 0 Å². The molecule has 2 aliphatic rings. The van der Waals surface area contributed by atoms with Gasteiger partial charge in [-0.05, 0) is 25.0 Å². The number of rotatable bonds is 6. The average Bonchev–Trinajstić information content (AvgIpc) is 3.73. The van der Waals surface area contributed by atoms with Crippen LogP contribution in [-0.2, 0) is 32.1 Å². The molecule has 0 amide bonds. The van der Waals surface area contributed by atoms with Gasteiger partial charge in [0.05, 0.1) is 0 Å². The number of hydrogen-bond donors (Lipinski definition) is 1. The molecule has 0 bridgehead atoms. The summed E-state index contributed by atoms with van der Waals surface area (Å²) in [5.74, 6) is 1.40. The van der Waals surface area contributed by atoms with E-state index in [1.54, 1.807) is 11.1 Å². The molecule has 5 aromatic carbocycles. The normalized spacial score (nSPS) is 16.3. The maximum atomic E-state index is 9.21. The molecule has 1 N–H and O–H groups in total. The Morgan fingerprint density at radius 2 is 0.873 bits per heavy atom. The molecular weight excluding hydrogens is 744 g/mol. The Morgan fingerprint density at radius 1 is 0.527 bits per heavy atom. The number of para-hydroxylation sites is 1. The first-order chi connectivity index (χ1) is 25.9. The third kappa shape index (κ3) is 8.32. The Balaban J connectivity index is 0.000000502. The van der Waals surface area contributed by atoms with Crippen LogP contribution < -0.4 is 0 Å². The summed E-state index contributed by atoms with van der Waals surface area (Å²) in [6.07, 6.45) is 5.12. The Morgan fingerprint density at radius 3 is 1.18 bits per heavy atom. The first-order valence-corrected chi connectivity index (χ1v) is 24.8. The molecule has 2 aliphatic carbocycles. The van der Waals surface area contributed by atoms with Crippen molar-refractivity contribution in [3.63, 3.8) is 0 Å². The molecule has 7 rings (SSSR count). The molecule has 284 valence electrons. The molecule has 0 heterocycles. The van der Waals surface area contributed by atoms with Crippen molar-refractivity contribution >= 4 is 16.4 Å². The SMILES string of the molecule is Cc1cccc(C)c1O.[CH2]=[Zr]([CH]1C(C(C)C)=Cc2c(-c3ccc(C(C)(C)C)cc3)cccc21)[CH]1C(C(C)C)=Cc2c(-c3ccc(C(C)(C)C)cc3)cccc21. The molecule has 1 nitrogen and oxygen atoms in total. The van der Waals surface area contributed by atoms with Crippen LogP contribution in [0.4, 0.5) is 0 Å². The summed E-state index contributed by atoms with van der Waals surface area (Å²) in [6.45, 7) is 27.1. The number of allylic oxidation sites excluding steroid dienone is 2. The Bertz CT molecular complexity index is 2110. The first-order valence-electron chi connectivity index (χ1n) is 20.2. The van der Waals surface area contributed by atoms with Crippen molar-refractivity contribution in [1.82, 2.24) is 0 Å². The minimum atomic E-state index is -2.46. The van der Waals surface area contributed by atoms with Crippen molar-refractivity contribution < 1.29 is 26.4 Å². The molecule has 0 spiro atoms. The van der Waals surface area contributed by atoms with Gasteiger partial charge in [-0.1, -0.05) is 18.2 Å². The zero-order valence-corrected chi connectivity index (χ0v) is 37.9. The summed E-state index contributed by atoms with van der Waals surface area (Å²) in [5, 5.41) is 9.21. The number of fused-ring (bicyclic) bond motifs is 2. The topological polar surface area (TPSA) is 20.2 Å². The Labute approximate surface area is 340 Å². The fourth-order valence-corrected chi connectivity index (χ4v) is 16.6. The predicted molar refractivity (Wildman–Crippen MR) is 237 cm³/mol. The van der Waals surface area contributed by atoms with Gasteiger partial charge in [0.2, 0.25) is 0 Å². The van der Waals surface area contributed by atoms with Crippen molar-refractivity contribution in [3.05, 3.63) is 159 Å². The Kier molecular flexibility index (Phi) is 11.8. The van der Waals surface area contributed by atoms with Crippen LogP contribution in [0.5, 0.6) is 5.75 Å². The van der Waals surface area contributed by atoms with Gasteiger partial charge in [-0.3, -0.25) is 0 Å². The van der Waals surface area contributed by atoms with E-state index < -0.39 is 21.3 Å². The number of benzene rings is 5. The number of hydrogen-bond acceptors (Lipinski definition) is 1. The second kappa shape index (κ2) is 15.9. The van der Waals surface area contributed by atoms with E-state index in [0.29, 0.717) is 24.8 Å². The summed E-state index contributed by atoms with van der Waals surface area (Å²) in [5.41, 5.74) is 19.4. The van der Waals surface area contributed by atoms with E-state index in [2.05, 4.69) is 166 Å². The molecule has 0 fully saturated rings. The number of phenols is 1. The summed E-state index contributed by atoms with van der Waals surface area (Å²) in [7, 11) is 0. The van der Waals surface area contributed by atoms with Gasteiger partial charge in [0, 0.05) is 0 Å². The number of aryl methyl sites for hydroxylation is 2. The van der Waals surface area contributed by atoms with Crippen molar-refractivity contribution in [2.75, 3.05) is 0 Å². The van der Waals surface area contributed by atoms with Crippen LogP contribution in [-0.4, -0.2) is 9.32 Å². The van der Waals surface area contributed by atoms with E-state index in [4.69, 9.17) is 4.21 Å². The summed E-state index contributed by atoms with van der Waals surface area (Å²) >= 11 is -2.46. The molecule has 5 aromatic rings. The molecule has 2 heteroatoms. The van der Waals surface area contributed by atoms with E-state index in [1.165, 1.54) is 55.6 Å². The van der Waals surface area contributed by atoms with Gasteiger partial charge in [0.15, 0.2) is 0 Å². The van der Waals surface area contributed by atoms with Crippen molar-refractivity contribution in [2.45, 2.75) is 101 Å². The van der Waals surface area contributed by atoms with Gasteiger partial charge >= 0.3 is 288 Å². The van der Waals surface area contributed by atoms with Gasteiger partial charge in [0.25, 0.3) is 0 Å². The van der Waals surface area contributed by atoms with Crippen LogP contribution in [0, 0.1) is 25.7 Å². The van der Waals surface area contributed by atoms with Gasteiger partial charge in [0.1, 0.15) is 5.75 Å². The van der Waals surface area contributed by atoms with Crippen LogP contribution in [0.1, 0.15) is 121 Å². The first kappa shape index (κ1) is 40.8. The monoisotopic (exact) mass is 804 g/mol. The third-order valence-electron chi connectivity index (χ3n) is 11.8. The number of phenolic OH excluding ortho intramolecular Hbond substituents is 1. The van der Waals surface area contributed by atoms with Gasteiger partial charge in [-0.2, -0.15) is 0 Å². The number of aromatic hydroxyl groups is 1. The van der Waals surface area contributed by atoms with Gasteiger partial charge < -0.3 is 5.11 Å². The van der Waals surface area contributed by atoms with Crippen LogP contribution in [0.2, 0.25) is 0 Å². The van der Waals surface area contributed by atoms with Crippen molar-refractivity contribution in [2.24, 2.45) is 11.8 Å². The predicted octanol–water partition coefficient (Wildman–Crippen LogP) is 14.6. The summed E-state index contributed by atoms with van der Waals surface area (Å²) in [4.78, 5) is 0. The Hall–Kier alpha value is -3.87. The summed E-state index contributed by atoms with van der Waals surface area (Å²) in [6, 6.07) is 38.4. The second-order valence-corrected chi connectivity index (χ2v) is 24.2. The van der Waals surface area contributed by atoms with Crippen molar-refractivity contribution in [3.8, 4) is 28.0 Å². The maximum absolute atomic E-state index is 9.21. The molecule has 55 heavy (non-hydrogen) atoms. The molecule has 0 aromatic heterocycles. The van der Waals surface area contributed by atoms with Crippen LogP contribution in [0.25, 0.3) is 34.4 Å². The summed E-state index contributed by atoms with van der Waals surface area (Å²) < 4.78 is 6.20. The molecule has 0 saturated carbocycles. The van der Waals surface area contributed by atoms with Crippen molar-refractivity contribution in [1.29, 1.82) is 0 Å². The second-order valence-electron chi connectivity index (χ2n) is 18.6. The molecule has 0 radical (unpaired) electrons. The molecule has 2 atom stereocenters. The standard InChI is InChI=1S/2C22H25.C8H10O.CH2.Zr/c2*1-15(2)18-13-17-7-6-8-20(21(17)14-18)16-9-11-19(12-10-16)22(3,4)5;1-6-4-3-5-7(2)8(6)9;;/h2*6-15H,1-5H3;3-5,9H,1-2H3;1H2;. The zero-order chi connectivity index (χ0) is 40.0. The molecule has 2 unspecified atom stereocenters. The molecule has 0 aliphatic heterocycles. The van der Waals surface area contributed by atoms with Crippen LogP contribution in [0.3, 0.4) is 0 Å². The van der Waals surface area contributed by atoms with Crippen LogP contribution >= 0.6 is 0 Å². The molecular formula is C53H62OZr. The molecule has 0 saturated heterocycles. The fourth-order valence-electron chi connectivity index (χ4n) is 8.45. The third-order valence-corrected chi connectivity index (χ3v) is 18.6. The van der Waals surface area contributed by atoms with Gasteiger partial charge in [-0.25, -0.2) is 0 Å². The fraction of sp³-hybridized carbons (Fsp3) is 0.340. The minimum absolute atomic E-state index is 0.150. The van der Waals surface area contributed by atoms with E-state index in [-0.39, 0.29) is 10.8 Å². The van der Waals surface area contributed by atoms with Gasteiger partial charge in [-0.15, -0.1) is 0 Å². The van der Waals surface area contributed by atoms with E-state index in [1.807, 2.05) is 32.0 Å². The van der Waals surface area contributed by atoms with Crippen LogP contribution in [0.15, 0.2) is 114 Å². The van der Waals surface area contributed by atoms with E-state index in [9.17, 15) is 5.11 Å². The van der Waals surface area contributed by atoms with E-state index in [0.717, 1.165) is 11.1 Å². The average molecular weight is 806 g/mol.